The van der Waals surface area contributed by atoms with Gasteiger partial charge in [-0.05, 0) is 47.9 Å². The van der Waals surface area contributed by atoms with Crippen LogP contribution in [-0.2, 0) is 14.3 Å². The highest BCUT2D eigenvalue weighted by Gasteiger charge is 2.48. The number of carbonyl (C=O) groups is 3. The molecule has 0 spiro atoms. The second-order valence-corrected chi connectivity index (χ2v) is 8.99. The standard InChI is InChI=1S/C25H26N2O5/c28-22(27-13-5-10-21(27)23(29)30)14-25(11-12-25)26-24(31)32-15-20-18-8-3-1-6-16(18)17-7-2-4-9-19(17)20/h1-4,6-9,20-21H,5,10-15H2,(H,26,31)(H,29,30)/t21-/m1/s1. The SMILES string of the molecule is O=C(NC1(CC(=O)N2CCC[C@@H]2C(=O)O)CC1)OCC1c2ccccc2-c2ccccc21. The number of rotatable bonds is 6. The second-order valence-electron chi connectivity index (χ2n) is 8.99. The molecule has 2 N–H and O–H groups in total. The predicted octanol–water partition coefficient (Wildman–Crippen LogP) is 3.52. The number of likely N-dealkylation sites (tertiary alicyclic amines) is 1. The molecule has 7 nitrogen and oxygen atoms in total. The molecule has 0 aromatic heterocycles. The molecule has 1 aliphatic heterocycles. The van der Waals surface area contributed by atoms with E-state index < -0.39 is 23.6 Å². The highest BCUT2D eigenvalue weighted by Crippen LogP contribution is 2.45. The molecule has 0 unspecified atom stereocenters. The summed E-state index contributed by atoms with van der Waals surface area (Å²) in [5.41, 5.74) is 4.00. The van der Waals surface area contributed by atoms with Crippen molar-refractivity contribution < 1.29 is 24.2 Å². The van der Waals surface area contributed by atoms with Gasteiger partial charge in [-0.3, -0.25) is 4.79 Å². The number of carbonyl (C=O) groups excluding carboxylic acids is 2. The van der Waals surface area contributed by atoms with Crippen molar-refractivity contribution in [2.45, 2.75) is 49.6 Å². The van der Waals surface area contributed by atoms with Gasteiger partial charge in [-0.15, -0.1) is 0 Å². The van der Waals surface area contributed by atoms with E-state index in [9.17, 15) is 19.5 Å². The number of nitrogens with one attached hydrogen (secondary N) is 1. The van der Waals surface area contributed by atoms with Crippen molar-refractivity contribution in [2.75, 3.05) is 13.2 Å². The molecule has 7 heteroatoms. The highest BCUT2D eigenvalue weighted by atomic mass is 16.5. The van der Waals surface area contributed by atoms with Crippen LogP contribution in [0.5, 0.6) is 0 Å². The summed E-state index contributed by atoms with van der Waals surface area (Å²) in [5, 5.41) is 12.2. The van der Waals surface area contributed by atoms with Crippen molar-refractivity contribution in [3.8, 4) is 11.1 Å². The second kappa shape index (κ2) is 7.97. The molecule has 1 saturated heterocycles. The molecule has 1 saturated carbocycles. The zero-order valence-corrected chi connectivity index (χ0v) is 17.8. The molecule has 2 amide bonds. The van der Waals surface area contributed by atoms with Crippen molar-refractivity contribution in [1.29, 1.82) is 0 Å². The van der Waals surface area contributed by atoms with Crippen LogP contribution in [0.15, 0.2) is 48.5 Å². The Morgan fingerprint density at radius 3 is 2.25 bits per heavy atom. The van der Waals surface area contributed by atoms with Crippen LogP contribution < -0.4 is 5.32 Å². The first kappa shape index (κ1) is 20.5. The van der Waals surface area contributed by atoms with Gasteiger partial charge < -0.3 is 20.1 Å². The molecule has 32 heavy (non-hydrogen) atoms. The zero-order chi connectivity index (χ0) is 22.3. The van der Waals surface area contributed by atoms with Gasteiger partial charge in [-0.1, -0.05) is 48.5 Å². The minimum absolute atomic E-state index is 0.0224. The molecule has 1 heterocycles. The number of carboxylic acids is 1. The van der Waals surface area contributed by atoms with E-state index in [0.29, 0.717) is 32.2 Å². The minimum Gasteiger partial charge on any atom is -0.480 e. The molecule has 0 bridgehead atoms. The predicted molar refractivity (Wildman–Crippen MR) is 117 cm³/mol. The van der Waals surface area contributed by atoms with E-state index in [4.69, 9.17) is 4.74 Å². The maximum absolute atomic E-state index is 12.7. The molecule has 166 valence electrons. The third-order valence-electron chi connectivity index (χ3n) is 6.91. The van der Waals surface area contributed by atoms with Gasteiger partial charge in [0.05, 0.1) is 12.0 Å². The maximum Gasteiger partial charge on any atom is 0.407 e. The Balaban J connectivity index is 1.21. The summed E-state index contributed by atoms with van der Waals surface area (Å²) in [5.74, 6) is -1.21. The van der Waals surface area contributed by atoms with E-state index in [1.54, 1.807) is 0 Å². The number of aliphatic carboxylic acids is 1. The van der Waals surface area contributed by atoms with E-state index in [2.05, 4.69) is 29.6 Å². The van der Waals surface area contributed by atoms with Gasteiger partial charge in [0, 0.05) is 12.5 Å². The van der Waals surface area contributed by atoms with Crippen LogP contribution in [0.3, 0.4) is 0 Å². The molecule has 2 aromatic carbocycles. The number of fused-ring (bicyclic) bond motifs is 3. The Kier molecular flexibility index (Phi) is 5.12. The third kappa shape index (κ3) is 3.72. The van der Waals surface area contributed by atoms with E-state index in [-0.39, 0.29) is 24.9 Å². The van der Waals surface area contributed by atoms with Crippen LogP contribution in [0, 0.1) is 0 Å². The number of hydrogen-bond donors (Lipinski definition) is 2. The van der Waals surface area contributed by atoms with Crippen molar-refractivity contribution in [3.05, 3.63) is 59.7 Å². The number of benzene rings is 2. The normalized spacial score (nSPS) is 20.4. The summed E-state index contributed by atoms with van der Waals surface area (Å²) in [6.45, 7) is 0.675. The fourth-order valence-corrected chi connectivity index (χ4v) is 5.06. The molecule has 2 aliphatic carbocycles. The van der Waals surface area contributed by atoms with Crippen molar-refractivity contribution in [2.24, 2.45) is 0 Å². The molecule has 3 aliphatic rings. The van der Waals surface area contributed by atoms with Crippen LogP contribution in [0.25, 0.3) is 11.1 Å². The Labute approximate surface area is 186 Å². The number of carboxylic acid groups (broad SMARTS) is 1. The monoisotopic (exact) mass is 434 g/mol. The van der Waals surface area contributed by atoms with Crippen LogP contribution in [0.2, 0.25) is 0 Å². The number of nitrogens with zero attached hydrogens (tertiary/aromatic N) is 1. The lowest BCUT2D eigenvalue weighted by Gasteiger charge is -2.25. The third-order valence-corrected chi connectivity index (χ3v) is 6.91. The van der Waals surface area contributed by atoms with Crippen LogP contribution in [0.1, 0.15) is 49.1 Å². The van der Waals surface area contributed by atoms with Crippen LogP contribution in [-0.4, -0.2) is 52.7 Å². The first-order valence-electron chi connectivity index (χ1n) is 11.1. The summed E-state index contributed by atoms with van der Waals surface area (Å²) >= 11 is 0. The number of amides is 2. The first-order chi connectivity index (χ1) is 15.5. The molecule has 2 fully saturated rings. The van der Waals surface area contributed by atoms with Crippen molar-refractivity contribution >= 4 is 18.0 Å². The molecule has 1 atom stereocenters. The van der Waals surface area contributed by atoms with Crippen molar-refractivity contribution in [3.63, 3.8) is 0 Å². The van der Waals surface area contributed by atoms with Crippen LogP contribution in [0.4, 0.5) is 4.79 Å². The van der Waals surface area contributed by atoms with Gasteiger partial charge in [0.2, 0.25) is 5.91 Å². The van der Waals surface area contributed by atoms with E-state index in [0.717, 1.165) is 11.1 Å². The smallest absolute Gasteiger partial charge is 0.407 e. The Hall–Kier alpha value is -3.35. The minimum atomic E-state index is -0.967. The average molecular weight is 434 g/mol. The van der Waals surface area contributed by atoms with E-state index in [1.165, 1.54) is 16.0 Å². The molecular weight excluding hydrogens is 408 g/mol. The van der Waals surface area contributed by atoms with Gasteiger partial charge in [0.1, 0.15) is 12.6 Å². The summed E-state index contributed by atoms with van der Waals surface area (Å²) in [6, 6.07) is 15.5. The Morgan fingerprint density at radius 2 is 1.66 bits per heavy atom. The summed E-state index contributed by atoms with van der Waals surface area (Å²) in [6.07, 6.45) is 2.13. The maximum atomic E-state index is 12.7. The number of ether oxygens (including phenoxy) is 1. The molecule has 5 rings (SSSR count). The lowest BCUT2D eigenvalue weighted by Crippen LogP contribution is -2.46. The fourth-order valence-electron chi connectivity index (χ4n) is 5.06. The zero-order valence-electron chi connectivity index (χ0n) is 17.8. The lowest BCUT2D eigenvalue weighted by molar-refractivity contribution is -0.148. The topological polar surface area (TPSA) is 95.9 Å². The quantitative estimate of drug-likeness (QED) is 0.725. The fraction of sp³-hybridized carbons (Fsp3) is 0.400. The first-order valence-corrected chi connectivity index (χ1v) is 11.1. The Bertz CT molecular complexity index is 1030. The summed E-state index contributed by atoms with van der Waals surface area (Å²) in [4.78, 5) is 38.1. The largest absolute Gasteiger partial charge is 0.480 e. The van der Waals surface area contributed by atoms with E-state index >= 15 is 0 Å². The number of alkyl carbamates (subject to hydrolysis) is 1. The number of hydrogen-bond acceptors (Lipinski definition) is 4. The van der Waals surface area contributed by atoms with E-state index in [1.807, 2.05) is 24.3 Å². The van der Waals surface area contributed by atoms with Crippen LogP contribution >= 0.6 is 0 Å². The summed E-state index contributed by atoms with van der Waals surface area (Å²) in [7, 11) is 0. The highest BCUT2D eigenvalue weighted by molar-refractivity contribution is 5.86. The molecule has 0 radical (unpaired) electrons. The Morgan fingerprint density at radius 1 is 1.03 bits per heavy atom. The average Bonchev–Trinajstić information content (AvgIpc) is 3.23. The van der Waals surface area contributed by atoms with Gasteiger partial charge in [0.25, 0.3) is 0 Å². The van der Waals surface area contributed by atoms with Gasteiger partial charge >= 0.3 is 12.1 Å². The van der Waals surface area contributed by atoms with Gasteiger partial charge in [-0.25, -0.2) is 9.59 Å². The van der Waals surface area contributed by atoms with Crippen molar-refractivity contribution in [1.82, 2.24) is 10.2 Å². The van der Waals surface area contributed by atoms with Gasteiger partial charge in [0.15, 0.2) is 0 Å². The molecule has 2 aromatic rings. The lowest BCUT2D eigenvalue weighted by atomic mass is 9.98. The van der Waals surface area contributed by atoms with Gasteiger partial charge in [-0.2, -0.15) is 0 Å². The molecular formula is C25H26N2O5. The summed E-state index contributed by atoms with van der Waals surface area (Å²) < 4.78 is 5.61.